The zero-order chi connectivity index (χ0) is 15.4. The average Bonchev–Trinajstić information content (AvgIpc) is 2.83. The molecule has 2 heterocycles. The molecule has 0 aliphatic heterocycles. The van der Waals surface area contributed by atoms with E-state index in [0.717, 1.165) is 6.42 Å². The van der Waals surface area contributed by atoms with Crippen molar-refractivity contribution in [2.24, 2.45) is 0 Å². The molecule has 2 rings (SSSR count). The summed E-state index contributed by atoms with van der Waals surface area (Å²) in [5, 5.41) is 17.0. The molecule has 0 bridgehead atoms. The van der Waals surface area contributed by atoms with Crippen LogP contribution in [0.2, 0.25) is 0 Å². The fourth-order valence-electron chi connectivity index (χ4n) is 2.02. The molecule has 0 saturated carbocycles. The summed E-state index contributed by atoms with van der Waals surface area (Å²) in [6, 6.07) is 7.22. The second kappa shape index (κ2) is 6.53. The van der Waals surface area contributed by atoms with E-state index in [0.29, 0.717) is 11.6 Å². The normalized spacial score (nSPS) is 12.0. The Balaban J connectivity index is 2.10. The summed E-state index contributed by atoms with van der Waals surface area (Å²) in [5.74, 6) is 0.986. The van der Waals surface area contributed by atoms with Gasteiger partial charge in [0.15, 0.2) is 0 Å². The van der Waals surface area contributed by atoms with Crippen LogP contribution in [-0.2, 0) is 6.42 Å². The molecule has 0 aliphatic rings. The zero-order valence-corrected chi connectivity index (χ0v) is 13.0. The molecule has 112 valence electrons. The molecule has 1 atom stereocenters. The van der Waals surface area contributed by atoms with Crippen molar-refractivity contribution in [3.8, 4) is 0 Å². The molecule has 7 heteroatoms. The number of hydrogen-bond donors (Lipinski definition) is 2. The maximum atomic E-state index is 10.9. The average molecular weight is 306 g/mol. The smallest absolute Gasteiger partial charge is 0.276 e. The topological polar surface area (TPSA) is 80.1 Å². The quantitative estimate of drug-likeness (QED) is 0.631. The predicted octanol–water partition coefficient (Wildman–Crippen LogP) is 3.44. The van der Waals surface area contributed by atoms with Gasteiger partial charge in [0.05, 0.1) is 17.1 Å². The van der Waals surface area contributed by atoms with Crippen LogP contribution in [0.25, 0.3) is 0 Å². The van der Waals surface area contributed by atoms with Crippen LogP contribution in [-0.4, -0.2) is 23.0 Å². The summed E-state index contributed by atoms with van der Waals surface area (Å²) in [6.07, 6.45) is 0.859. The first kappa shape index (κ1) is 15.2. The highest BCUT2D eigenvalue weighted by Crippen LogP contribution is 2.22. The Morgan fingerprint density at radius 2 is 2.10 bits per heavy atom. The molecule has 0 spiro atoms. The summed E-state index contributed by atoms with van der Waals surface area (Å²) in [5.41, 5.74) is 0.0241. The number of hydrogen-bond acceptors (Lipinski definition) is 6. The summed E-state index contributed by atoms with van der Waals surface area (Å²) >= 11 is 1.76. The van der Waals surface area contributed by atoms with E-state index in [1.165, 1.54) is 21.9 Å². The van der Waals surface area contributed by atoms with Gasteiger partial charge in [-0.15, -0.1) is 11.3 Å². The molecule has 0 aromatic carbocycles. The van der Waals surface area contributed by atoms with Crippen LogP contribution in [0, 0.1) is 17.0 Å². The number of thiophene rings is 1. The van der Waals surface area contributed by atoms with Crippen molar-refractivity contribution in [1.29, 1.82) is 0 Å². The summed E-state index contributed by atoms with van der Waals surface area (Å²) < 4.78 is 0. The van der Waals surface area contributed by atoms with Gasteiger partial charge in [-0.1, -0.05) is 0 Å². The van der Waals surface area contributed by atoms with Crippen LogP contribution in [0.5, 0.6) is 0 Å². The predicted molar refractivity (Wildman–Crippen MR) is 86.3 cm³/mol. The Kier molecular flexibility index (Phi) is 4.74. The fourth-order valence-corrected chi connectivity index (χ4v) is 3.04. The van der Waals surface area contributed by atoms with Gasteiger partial charge in [0.25, 0.3) is 5.69 Å². The number of anilines is 2. The van der Waals surface area contributed by atoms with Crippen LogP contribution in [0.15, 0.2) is 24.3 Å². The lowest BCUT2D eigenvalue weighted by Crippen LogP contribution is -2.18. The van der Waals surface area contributed by atoms with E-state index in [1.807, 2.05) is 6.92 Å². The Labute approximate surface area is 127 Å². The zero-order valence-electron chi connectivity index (χ0n) is 12.2. The van der Waals surface area contributed by atoms with Crippen LogP contribution >= 0.6 is 11.3 Å². The van der Waals surface area contributed by atoms with E-state index in [9.17, 15) is 10.1 Å². The number of nitro groups is 1. The SMILES string of the molecule is CNc1cc([N+](=O)[O-])cc(NC(C)Cc2ccc(C)s2)n1. The molecular formula is C14H18N4O2S. The third-order valence-corrected chi connectivity index (χ3v) is 4.00. The number of nitrogens with zero attached hydrogens (tertiary/aromatic N) is 2. The lowest BCUT2D eigenvalue weighted by atomic mass is 10.2. The maximum Gasteiger partial charge on any atom is 0.276 e. The van der Waals surface area contributed by atoms with E-state index in [2.05, 4.69) is 34.7 Å². The number of aromatic nitrogens is 1. The molecule has 0 fully saturated rings. The van der Waals surface area contributed by atoms with E-state index in [-0.39, 0.29) is 11.7 Å². The van der Waals surface area contributed by atoms with Crippen molar-refractivity contribution in [3.63, 3.8) is 0 Å². The summed E-state index contributed by atoms with van der Waals surface area (Å²) in [7, 11) is 1.69. The van der Waals surface area contributed by atoms with Crippen molar-refractivity contribution in [2.75, 3.05) is 17.7 Å². The second-order valence-electron chi connectivity index (χ2n) is 4.86. The van der Waals surface area contributed by atoms with E-state index >= 15 is 0 Å². The van der Waals surface area contributed by atoms with Crippen molar-refractivity contribution in [2.45, 2.75) is 26.3 Å². The fraction of sp³-hybridized carbons (Fsp3) is 0.357. The number of nitrogens with one attached hydrogen (secondary N) is 2. The third kappa shape index (κ3) is 4.16. The lowest BCUT2D eigenvalue weighted by Gasteiger charge is -2.14. The molecular weight excluding hydrogens is 288 g/mol. The minimum absolute atomic E-state index is 0.0241. The van der Waals surface area contributed by atoms with Gasteiger partial charge in [-0.2, -0.15) is 0 Å². The van der Waals surface area contributed by atoms with Gasteiger partial charge < -0.3 is 10.6 Å². The van der Waals surface area contributed by atoms with Crippen LogP contribution in [0.3, 0.4) is 0 Å². The van der Waals surface area contributed by atoms with Crippen molar-refractivity contribution < 1.29 is 4.92 Å². The minimum Gasteiger partial charge on any atom is -0.373 e. The van der Waals surface area contributed by atoms with Gasteiger partial charge in [0, 0.05) is 29.3 Å². The van der Waals surface area contributed by atoms with E-state index in [4.69, 9.17) is 0 Å². The molecule has 21 heavy (non-hydrogen) atoms. The van der Waals surface area contributed by atoms with Crippen LogP contribution in [0.1, 0.15) is 16.7 Å². The van der Waals surface area contributed by atoms with Gasteiger partial charge in [0.2, 0.25) is 0 Å². The maximum absolute atomic E-state index is 10.9. The first-order valence-electron chi connectivity index (χ1n) is 6.64. The first-order valence-corrected chi connectivity index (χ1v) is 7.45. The van der Waals surface area contributed by atoms with Crippen LogP contribution < -0.4 is 10.6 Å². The highest BCUT2D eigenvalue weighted by molar-refractivity contribution is 7.11. The summed E-state index contributed by atoms with van der Waals surface area (Å²) in [4.78, 5) is 17.4. The molecule has 0 radical (unpaired) electrons. The highest BCUT2D eigenvalue weighted by atomic mass is 32.1. The van der Waals surface area contributed by atoms with Gasteiger partial charge >= 0.3 is 0 Å². The first-order chi connectivity index (χ1) is 9.97. The Morgan fingerprint density at radius 1 is 1.38 bits per heavy atom. The molecule has 2 aromatic heterocycles. The third-order valence-electron chi connectivity index (χ3n) is 2.97. The molecule has 0 aliphatic carbocycles. The number of pyridine rings is 1. The molecule has 0 saturated heterocycles. The Hall–Kier alpha value is -2.15. The number of aryl methyl sites for hydroxylation is 1. The second-order valence-corrected chi connectivity index (χ2v) is 6.24. The molecule has 6 nitrogen and oxygen atoms in total. The van der Waals surface area contributed by atoms with Gasteiger partial charge in [-0.25, -0.2) is 4.98 Å². The molecule has 0 amide bonds. The van der Waals surface area contributed by atoms with Crippen molar-refractivity contribution >= 4 is 28.7 Å². The van der Waals surface area contributed by atoms with Gasteiger partial charge in [0.1, 0.15) is 11.6 Å². The van der Waals surface area contributed by atoms with Gasteiger partial charge in [-0.3, -0.25) is 10.1 Å². The summed E-state index contributed by atoms with van der Waals surface area (Å²) in [6.45, 7) is 4.11. The minimum atomic E-state index is -0.416. The van der Waals surface area contributed by atoms with Crippen molar-refractivity contribution in [1.82, 2.24) is 4.98 Å². The Morgan fingerprint density at radius 3 is 2.67 bits per heavy atom. The largest absolute Gasteiger partial charge is 0.373 e. The number of rotatable bonds is 6. The van der Waals surface area contributed by atoms with Gasteiger partial charge in [-0.05, 0) is 26.0 Å². The molecule has 2 N–H and O–H groups in total. The molecule has 2 aromatic rings. The van der Waals surface area contributed by atoms with E-state index < -0.39 is 4.92 Å². The van der Waals surface area contributed by atoms with Crippen molar-refractivity contribution in [3.05, 3.63) is 44.1 Å². The monoisotopic (exact) mass is 306 g/mol. The van der Waals surface area contributed by atoms with E-state index in [1.54, 1.807) is 18.4 Å². The van der Waals surface area contributed by atoms with Crippen LogP contribution in [0.4, 0.5) is 17.3 Å². The lowest BCUT2D eigenvalue weighted by molar-refractivity contribution is -0.384. The highest BCUT2D eigenvalue weighted by Gasteiger charge is 2.13. The standard InChI is InChI=1S/C14H18N4O2S/c1-9(6-12-5-4-10(2)21-12)16-14-8-11(18(19)20)7-13(15-3)17-14/h4-5,7-9H,6H2,1-3H3,(H2,15,16,17). The Bertz CT molecular complexity index is 642. The molecule has 1 unspecified atom stereocenters.